The molecule has 3 heterocycles. The van der Waals surface area contributed by atoms with Crippen LogP contribution in [0.25, 0.3) is 6.08 Å². The number of nitro groups is 1. The number of rotatable bonds is 5. The molecule has 0 saturated carbocycles. The van der Waals surface area contributed by atoms with Crippen LogP contribution in [0.3, 0.4) is 0 Å². The number of fused-ring (bicyclic) bond motifs is 1. The van der Waals surface area contributed by atoms with Gasteiger partial charge >= 0.3 is 6.03 Å². The van der Waals surface area contributed by atoms with Crippen molar-refractivity contribution in [2.24, 2.45) is 0 Å². The van der Waals surface area contributed by atoms with E-state index in [1.807, 2.05) is 33.7 Å². The number of carbonyl (C=O) groups is 3. The number of hydrogen-bond donors (Lipinski definition) is 2. The molecule has 0 unspecified atom stereocenters. The van der Waals surface area contributed by atoms with E-state index in [0.717, 1.165) is 23.6 Å². The van der Waals surface area contributed by atoms with E-state index in [-0.39, 0.29) is 18.1 Å². The van der Waals surface area contributed by atoms with Gasteiger partial charge in [0, 0.05) is 38.8 Å². The summed E-state index contributed by atoms with van der Waals surface area (Å²) in [5, 5.41) is 15.8. The van der Waals surface area contributed by atoms with E-state index in [1.54, 1.807) is 12.1 Å². The van der Waals surface area contributed by atoms with Crippen molar-refractivity contribution in [3.8, 4) is 11.5 Å². The van der Waals surface area contributed by atoms with Gasteiger partial charge in [0.2, 0.25) is 6.79 Å². The van der Waals surface area contributed by atoms with Gasteiger partial charge in [-0.05, 0) is 35.4 Å². The Bertz CT molecular complexity index is 1240. The predicted molar refractivity (Wildman–Crippen MR) is 123 cm³/mol. The van der Waals surface area contributed by atoms with Gasteiger partial charge in [0.05, 0.1) is 4.92 Å². The maximum Gasteiger partial charge on any atom is 0.328 e. The van der Waals surface area contributed by atoms with Gasteiger partial charge in [0.15, 0.2) is 11.5 Å². The number of carbonyl (C=O) groups excluding carboxylic acids is 3. The van der Waals surface area contributed by atoms with Crippen LogP contribution in [0.4, 0.5) is 16.2 Å². The van der Waals surface area contributed by atoms with E-state index in [4.69, 9.17) is 9.47 Å². The highest BCUT2D eigenvalue weighted by atomic mass is 16.7. The molecule has 3 aliphatic heterocycles. The average Bonchev–Trinajstić information content (AvgIpc) is 3.30. The summed E-state index contributed by atoms with van der Waals surface area (Å²) < 4.78 is 10.8. The lowest BCUT2D eigenvalue weighted by molar-refractivity contribution is -0.384. The van der Waals surface area contributed by atoms with Crippen molar-refractivity contribution in [3.05, 3.63) is 63.2 Å². The lowest BCUT2D eigenvalue weighted by Crippen LogP contribution is -2.51. The standard InChI is InChI=1S/C23H21N5O7/c29-21-16(22(30)25-23(31)24-21)9-14-1-3-17(18(10-14)28(32)33)27-7-5-26(6-8-27)12-15-2-4-19-20(11-15)35-13-34-19/h1-4,9-11H,5-8,12-13H2,(H2,24,25,29,30,31). The molecule has 0 spiro atoms. The first-order valence-electron chi connectivity index (χ1n) is 10.9. The number of nitrogens with zero attached hydrogens (tertiary/aromatic N) is 3. The van der Waals surface area contributed by atoms with Gasteiger partial charge in [-0.3, -0.25) is 35.2 Å². The summed E-state index contributed by atoms with van der Waals surface area (Å²) in [6, 6.07) is 9.49. The fourth-order valence-corrected chi connectivity index (χ4v) is 4.26. The molecule has 0 atom stereocenters. The van der Waals surface area contributed by atoms with E-state index in [0.29, 0.717) is 37.4 Å². The zero-order valence-electron chi connectivity index (χ0n) is 18.5. The van der Waals surface area contributed by atoms with Gasteiger partial charge < -0.3 is 14.4 Å². The molecule has 5 rings (SSSR count). The molecule has 2 aromatic rings. The highest BCUT2D eigenvalue weighted by Gasteiger charge is 2.29. The zero-order chi connectivity index (χ0) is 24.5. The number of barbiturate groups is 1. The minimum absolute atomic E-state index is 0.128. The lowest BCUT2D eigenvalue weighted by Gasteiger charge is -2.35. The molecule has 0 bridgehead atoms. The van der Waals surface area contributed by atoms with Crippen LogP contribution in [0, 0.1) is 10.1 Å². The van der Waals surface area contributed by atoms with Crippen molar-refractivity contribution >= 4 is 35.3 Å². The molecule has 2 N–H and O–H groups in total. The fourth-order valence-electron chi connectivity index (χ4n) is 4.26. The minimum atomic E-state index is -0.906. The second kappa shape index (κ2) is 9.06. The van der Waals surface area contributed by atoms with Gasteiger partial charge in [-0.1, -0.05) is 12.1 Å². The molecule has 4 amide bonds. The number of urea groups is 1. The molecule has 12 heteroatoms. The Morgan fingerprint density at radius 1 is 0.943 bits per heavy atom. The Morgan fingerprint density at radius 3 is 2.37 bits per heavy atom. The molecule has 0 radical (unpaired) electrons. The number of nitrogens with one attached hydrogen (secondary N) is 2. The third-order valence-electron chi connectivity index (χ3n) is 6.01. The third kappa shape index (κ3) is 4.64. The summed E-state index contributed by atoms with van der Waals surface area (Å²) in [5.41, 5.74) is 1.44. The van der Waals surface area contributed by atoms with E-state index in [9.17, 15) is 24.5 Å². The number of amides is 4. The van der Waals surface area contributed by atoms with Crippen molar-refractivity contribution in [2.45, 2.75) is 6.54 Å². The first kappa shape index (κ1) is 22.3. The SMILES string of the molecule is O=C1NC(=O)C(=Cc2ccc(N3CCN(Cc4ccc5c(c4)OCO5)CC3)c([N+](=O)[O-])c2)C(=O)N1. The Morgan fingerprint density at radius 2 is 1.66 bits per heavy atom. The smallest absolute Gasteiger partial charge is 0.328 e. The molecule has 12 nitrogen and oxygen atoms in total. The molecule has 0 aromatic heterocycles. The second-order valence-electron chi connectivity index (χ2n) is 8.25. The van der Waals surface area contributed by atoms with Gasteiger partial charge in [0.1, 0.15) is 11.3 Å². The number of benzene rings is 2. The largest absolute Gasteiger partial charge is 0.454 e. The Kier molecular flexibility index (Phi) is 5.79. The highest BCUT2D eigenvalue weighted by Crippen LogP contribution is 2.34. The van der Waals surface area contributed by atoms with Crippen molar-refractivity contribution in [3.63, 3.8) is 0 Å². The summed E-state index contributed by atoms with van der Waals surface area (Å²) in [7, 11) is 0. The molecular weight excluding hydrogens is 458 g/mol. The number of ether oxygens (including phenoxy) is 2. The van der Waals surface area contributed by atoms with Crippen molar-refractivity contribution in [2.75, 3.05) is 37.9 Å². The second-order valence-corrected chi connectivity index (χ2v) is 8.25. The fraction of sp³-hybridized carbons (Fsp3) is 0.261. The normalized spacial score (nSPS) is 17.8. The maximum absolute atomic E-state index is 11.9. The van der Waals surface area contributed by atoms with Crippen LogP contribution in [0.1, 0.15) is 11.1 Å². The van der Waals surface area contributed by atoms with Gasteiger partial charge in [-0.25, -0.2) is 4.79 Å². The summed E-state index contributed by atoms with van der Waals surface area (Å²) in [6.07, 6.45) is 1.22. The Hall–Kier alpha value is -4.45. The summed E-state index contributed by atoms with van der Waals surface area (Å²) in [5.74, 6) is -0.238. The van der Waals surface area contributed by atoms with Gasteiger partial charge in [-0.2, -0.15) is 0 Å². The molecule has 2 saturated heterocycles. The van der Waals surface area contributed by atoms with Crippen LogP contribution in [0.2, 0.25) is 0 Å². The van der Waals surface area contributed by atoms with Gasteiger partial charge in [0.25, 0.3) is 17.5 Å². The highest BCUT2D eigenvalue weighted by molar-refractivity contribution is 6.31. The van der Waals surface area contributed by atoms with Crippen molar-refractivity contribution < 1.29 is 28.8 Å². The minimum Gasteiger partial charge on any atom is -0.454 e. The van der Waals surface area contributed by atoms with E-state index in [2.05, 4.69) is 4.90 Å². The average molecular weight is 479 g/mol. The maximum atomic E-state index is 11.9. The van der Waals surface area contributed by atoms with Crippen LogP contribution in [0.15, 0.2) is 42.0 Å². The zero-order valence-corrected chi connectivity index (χ0v) is 18.5. The molecule has 35 heavy (non-hydrogen) atoms. The first-order chi connectivity index (χ1) is 16.9. The summed E-state index contributed by atoms with van der Waals surface area (Å²) in [4.78, 5) is 50.6. The van der Waals surface area contributed by atoms with Crippen molar-refractivity contribution in [1.82, 2.24) is 15.5 Å². The monoisotopic (exact) mass is 479 g/mol. The summed E-state index contributed by atoms with van der Waals surface area (Å²) in [6.45, 7) is 3.58. The molecule has 180 valence electrons. The number of imide groups is 2. The van der Waals surface area contributed by atoms with E-state index in [1.165, 1.54) is 12.1 Å². The predicted octanol–water partition coefficient (Wildman–Crippen LogP) is 1.40. The van der Waals surface area contributed by atoms with Crippen LogP contribution < -0.4 is 25.0 Å². The summed E-state index contributed by atoms with van der Waals surface area (Å²) >= 11 is 0. The first-order valence-corrected chi connectivity index (χ1v) is 10.9. The van der Waals surface area contributed by atoms with Gasteiger partial charge in [-0.15, -0.1) is 0 Å². The number of anilines is 1. The number of nitro benzene ring substituents is 1. The Balaban J connectivity index is 1.28. The quantitative estimate of drug-likeness (QED) is 0.281. The molecule has 2 aromatic carbocycles. The van der Waals surface area contributed by atoms with E-state index >= 15 is 0 Å². The third-order valence-corrected chi connectivity index (χ3v) is 6.01. The molecule has 3 aliphatic rings. The van der Waals surface area contributed by atoms with Crippen LogP contribution in [0.5, 0.6) is 11.5 Å². The Labute approximate surface area is 199 Å². The number of piperazine rings is 1. The molecule has 0 aliphatic carbocycles. The lowest BCUT2D eigenvalue weighted by atomic mass is 10.1. The van der Waals surface area contributed by atoms with Crippen LogP contribution in [-0.4, -0.2) is 60.6 Å². The van der Waals surface area contributed by atoms with Crippen LogP contribution in [-0.2, 0) is 16.1 Å². The molecular formula is C23H21N5O7. The van der Waals surface area contributed by atoms with Crippen LogP contribution >= 0.6 is 0 Å². The van der Waals surface area contributed by atoms with E-state index < -0.39 is 22.8 Å². The number of hydrogen-bond acceptors (Lipinski definition) is 9. The topological polar surface area (TPSA) is 143 Å². The van der Waals surface area contributed by atoms with Crippen molar-refractivity contribution in [1.29, 1.82) is 0 Å². The molecule has 2 fully saturated rings.